The number of morpholine rings is 1. The van der Waals surface area contributed by atoms with E-state index in [-0.39, 0.29) is 11.7 Å². The third-order valence-electron chi connectivity index (χ3n) is 3.37. The summed E-state index contributed by atoms with van der Waals surface area (Å²) >= 11 is 3.43. The van der Waals surface area contributed by atoms with Gasteiger partial charge in [0.2, 0.25) is 0 Å². The first-order valence-corrected chi connectivity index (χ1v) is 7.61. The van der Waals surface area contributed by atoms with Crippen molar-refractivity contribution >= 4 is 27.1 Å². The molecule has 1 atom stereocenters. The van der Waals surface area contributed by atoms with E-state index in [2.05, 4.69) is 56.6 Å². The van der Waals surface area contributed by atoms with E-state index in [9.17, 15) is 0 Å². The van der Waals surface area contributed by atoms with Crippen LogP contribution in [0.3, 0.4) is 0 Å². The molecule has 6 heteroatoms. The molecule has 2 aromatic heterocycles. The zero-order valence-electron chi connectivity index (χ0n) is 12.0. The van der Waals surface area contributed by atoms with Gasteiger partial charge in [-0.2, -0.15) is 0 Å². The maximum absolute atomic E-state index is 5.93. The Labute approximate surface area is 126 Å². The molecule has 0 saturated carbocycles. The van der Waals surface area contributed by atoms with Gasteiger partial charge in [0.1, 0.15) is 5.82 Å². The Morgan fingerprint density at radius 3 is 3.10 bits per heavy atom. The number of hydrogen-bond donors (Lipinski definition) is 1. The van der Waals surface area contributed by atoms with Crippen LogP contribution in [0.25, 0.3) is 11.2 Å². The van der Waals surface area contributed by atoms with Gasteiger partial charge in [-0.15, -0.1) is 0 Å². The van der Waals surface area contributed by atoms with Gasteiger partial charge < -0.3 is 9.72 Å². The molecule has 108 valence electrons. The molecule has 0 spiro atoms. The Hall–Kier alpha value is -0.980. The van der Waals surface area contributed by atoms with Crippen molar-refractivity contribution in [3.05, 3.63) is 22.6 Å². The van der Waals surface area contributed by atoms with Crippen molar-refractivity contribution in [2.45, 2.75) is 39.0 Å². The molecule has 1 aliphatic heterocycles. The minimum atomic E-state index is -0.106. The Kier molecular flexibility index (Phi) is 3.56. The van der Waals surface area contributed by atoms with Crippen LogP contribution in [0.5, 0.6) is 0 Å². The maximum atomic E-state index is 5.93. The van der Waals surface area contributed by atoms with Crippen LogP contribution < -0.4 is 0 Å². The van der Waals surface area contributed by atoms with Gasteiger partial charge >= 0.3 is 0 Å². The van der Waals surface area contributed by atoms with E-state index in [0.717, 1.165) is 41.1 Å². The van der Waals surface area contributed by atoms with Crippen molar-refractivity contribution < 1.29 is 4.74 Å². The summed E-state index contributed by atoms with van der Waals surface area (Å²) < 4.78 is 6.88. The molecule has 0 unspecified atom stereocenters. The molecule has 0 aromatic carbocycles. The summed E-state index contributed by atoms with van der Waals surface area (Å²) in [6.45, 7) is 9.01. The highest BCUT2D eigenvalue weighted by Crippen LogP contribution is 2.22. The number of rotatable bonds is 2. The topological polar surface area (TPSA) is 54.0 Å². The zero-order valence-corrected chi connectivity index (χ0v) is 13.6. The van der Waals surface area contributed by atoms with Crippen molar-refractivity contribution in [1.29, 1.82) is 0 Å². The van der Waals surface area contributed by atoms with Crippen LogP contribution in [-0.4, -0.2) is 44.6 Å². The predicted octanol–water partition coefficient (Wildman–Crippen LogP) is 2.72. The number of nitrogens with one attached hydrogen (secondary N) is 1. The Morgan fingerprint density at radius 1 is 1.55 bits per heavy atom. The molecule has 1 saturated heterocycles. The summed E-state index contributed by atoms with van der Waals surface area (Å²) in [5.74, 6) is 0.954. The molecule has 5 nitrogen and oxygen atoms in total. The Balaban J connectivity index is 1.78. The van der Waals surface area contributed by atoms with Gasteiger partial charge in [0.15, 0.2) is 5.65 Å². The molecule has 0 radical (unpaired) electrons. The molecular formula is C14H19BrN4O. The first-order valence-electron chi connectivity index (χ1n) is 6.82. The van der Waals surface area contributed by atoms with Gasteiger partial charge in [-0.25, -0.2) is 9.97 Å². The summed E-state index contributed by atoms with van der Waals surface area (Å²) in [6.07, 6.45) is 2.02. The minimum Gasteiger partial charge on any atom is -0.370 e. The zero-order chi connectivity index (χ0) is 14.3. The number of imidazole rings is 1. The molecular weight excluding hydrogens is 320 g/mol. The van der Waals surface area contributed by atoms with E-state index < -0.39 is 0 Å². The van der Waals surface area contributed by atoms with E-state index in [0.29, 0.717) is 0 Å². The van der Waals surface area contributed by atoms with Gasteiger partial charge in [0.25, 0.3) is 0 Å². The monoisotopic (exact) mass is 338 g/mol. The maximum Gasteiger partial charge on any atom is 0.177 e. The van der Waals surface area contributed by atoms with Gasteiger partial charge in [-0.1, -0.05) is 0 Å². The molecule has 1 N–H and O–H groups in total. The quantitative estimate of drug-likeness (QED) is 0.914. The van der Waals surface area contributed by atoms with E-state index in [1.807, 2.05) is 6.07 Å². The van der Waals surface area contributed by atoms with Gasteiger partial charge in [-0.3, -0.25) is 4.90 Å². The van der Waals surface area contributed by atoms with Gasteiger partial charge in [0.05, 0.1) is 23.8 Å². The normalized spacial score (nSPS) is 23.3. The first-order chi connectivity index (χ1) is 9.41. The van der Waals surface area contributed by atoms with E-state index in [1.54, 1.807) is 6.20 Å². The Bertz CT molecular complexity index is 625. The highest BCUT2D eigenvalue weighted by molar-refractivity contribution is 9.10. The van der Waals surface area contributed by atoms with Gasteiger partial charge in [-0.05, 0) is 42.8 Å². The third kappa shape index (κ3) is 3.02. The fourth-order valence-corrected chi connectivity index (χ4v) is 3.25. The van der Waals surface area contributed by atoms with E-state index in [4.69, 9.17) is 4.74 Å². The average molecular weight is 339 g/mol. The van der Waals surface area contributed by atoms with Gasteiger partial charge in [0, 0.05) is 23.8 Å². The fourth-order valence-electron chi connectivity index (χ4n) is 2.92. The molecule has 0 amide bonds. The van der Waals surface area contributed by atoms with Crippen LogP contribution in [-0.2, 0) is 11.3 Å². The second-order valence-corrected chi connectivity index (χ2v) is 6.98. The number of fused-ring (bicyclic) bond motifs is 1. The summed E-state index contributed by atoms with van der Waals surface area (Å²) in [5, 5.41) is 0. The molecule has 20 heavy (non-hydrogen) atoms. The van der Waals surface area contributed by atoms with Crippen LogP contribution in [0.4, 0.5) is 0 Å². The lowest BCUT2D eigenvalue weighted by atomic mass is 10.1. The summed E-state index contributed by atoms with van der Waals surface area (Å²) in [4.78, 5) is 14.6. The van der Waals surface area contributed by atoms with Crippen molar-refractivity contribution in [2.24, 2.45) is 0 Å². The molecule has 2 aromatic rings. The second kappa shape index (κ2) is 5.09. The number of aromatic amines is 1. The minimum absolute atomic E-state index is 0.106. The van der Waals surface area contributed by atoms with Crippen molar-refractivity contribution in [3.8, 4) is 0 Å². The standard InChI is InChI=1S/C14H19BrN4O/c1-9-6-19(8-14(2,3)20-9)7-12-17-11-4-10(15)5-16-13(11)18-12/h4-5,9H,6-8H2,1-3H3,(H,16,17,18)/t9-/m1/s1. The number of nitrogens with zero attached hydrogens (tertiary/aromatic N) is 3. The average Bonchev–Trinajstić information content (AvgIpc) is 2.67. The molecule has 3 heterocycles. The largest absolute Gasteiger partial charge is 0.370 e. The molecule has 0 bridgehead atoms. The SMILES string of the molecule is C[C@@H]1CN(Cc2nc3ncc(Br)cc3[nH]2)CC(C)(C)O1. The fraction of sp³-hybridized carbons (Fsp3) is 0.571. The Morgan fingerprint density at radius 2 is 2.35 bits per heavy atom. The van der Waals surface area contributed by atoms with Crippen molar-refractivity contribution in [3.63, 3.8) is 0 Å². The lowest BCUT2D eigenvalue weighted by Crippen LogP contribution is -2.51. The van der Waals surface area contributed by atoms with Crippen LogP contribution in [0.2, 0.25) is 0 Å². The number of halogens is 1. The number of aromatic nitrogens is 3. The lowest BCUT2D eigenvalue weighted by molar-refractivity contribution is -0.131. The molecule has 1 fully saturated rings. The van der Waals surface area contributed by atoms with Crippen LogP contribution in [0.15, 0.2) is 16.7 Å². The molecule has 1 aliphatic rings. The summed E-state index contributed by atoms with van der Waals surface area (Å²) in [7, 11) is 0. The van der Waals surface area contributed by atoms with Crippen molar-refractivity contribution in [1.82, 2.24) is 19.9 Å². The highest BCUT2D eigenvalue weighted by atomic mass is 79.9. The van der Waals surface area contributed by atoms with Crippen LogP contribution in [0.1, 0.15) is 26.6 Å². The van der Waals surface area contributed by atoms with E-state index in [1.165, 1.54) is 0 Å². The number of H-pyrrole nitrogens is 1. The van der Waals surface area contributed by atoms with Crippen LogP contribution in [0, 0.1) is 0 Å². The lowest BCUT2D eigenvalue weighted by Gasteiger charge is -2.41. The smallest absolute Gasteiger partial charge is 0.177 e. The third-order valence-corrected chi connectivity index (χ3v) is 3.80. The summed E-state index contributed by atoms with van der Waals surface area (Å²) in [5.41, 5.74) is 1.63. The first kappa shape index (κ1) is 14.0. The number of ether oxygens (including phenoxy) is 1. The highest BCUT2D eigenvalue weighted by Gasteiger charge is 2.31. The van der Waals surface area contributed by atoms with Crippen molar-refractivity contribution in [2.75, 3.05) is 13.1 Å². The number of hydrogen-bond acceptors (Lipinski definition) is 4. The predicted molar refractivity (Wildman–Crippen MR) is 81.5 cm³/mol. The van der Waals surface area contributed by atoms with E-state index >= 15 is 0 Å². The van der Waals surface area contributed by atoms with Crippen LogP contribution >= 0.6 is 15.9 Å². The summed E-state index contributed by atoms with van der Waals surface area (Å²) in [6, 6.07) is 2.00. The number of pyridine rings is 1. The second-order valence-electron chi connectivity index (χ2n) is 6.07. The molecule has 0 aliphatic carbocycles. The molecule has 3 rings (SSSR count).